The molecule has 13 heavy (non-hydrogen) atoms. The highest BCUT2D eigenvalue weighted by Crippen LogP contribution is 2.15. The maximum Gasteiger partial charge on any atom is 0.131 e. The van der Waals surface area contributed by atoms with Gasteiger partial charge < -0.3 is 5.32 Å². The predicted octanol–water partition coefficient (Wildman–Crippen LogP) is 2.76. The van der Waals surface area contributed by atoms with Crippen LogP contribution in [0.5, 0.6) is 0 Å². The van der Waals surface area contributed by atoms with E-state index in [9.17, 15) is 0 Å². The van der Waals surface area contributed by atoms with Crippen molar-refractivity contribution in [3.63, 3.8) is 0 Å². The Morgan fingerprint density at radius 1 is 1.31 bits per heavy atom. The molecular formula is C9H14BrN3. The van der Waals surface area contributed by atoms with E-state index in [1.165, 1.54) is 0 Å². The van der Waals surface area contributed by atoms with Crippen molar-refractivity contribution in [2.24, 2.45) is 0 Å². The normalized spacial score (nSPS) is 11.5. The van der Waals surface area contributed by atoms with Crippen LogP contribution in [0.1, 0.15) is 26.6 Å². The van der Waals surface area contributed by atoms with Crippen molar-refractivity contribution in [2.45, 2.75) is 33.2 Å². The maximum atomic E-state index is 4.27. The highest BCUT2D eigenvalue weighted by Gasteiger charge is 2.10. The van der Waals surface area contributed by atoms with E-state index in [4.69, 9.17) is 0 Å². The molecule has 0 aliphatic rings. The van der Waals surface area contributed by atoms with Crippen LogP contribution in [0.4, 0.5) is 5.82 Å². The van der Waals surface area contributed by atoms with Crippen molar-refractivity contribution in [3.05, 3.63) is 16.5 Å². The molecule has 1 N–H and O–H groups in total. The molecule has 1 aromatic heterocycles. The summed E-state index contributed by atoms with van der Waals surface area (Å²) in [6.45, 7) is 8.16. The molecule has 0 aliphatic carbocycles. The summed E-state index contributed by atoms with van der Waals surface area (Å²) in [6.07, 6.45) is 0. The first kappa shape index (κ1) is 10.4. The summed E-state index contributed by atoms with van der Waals surface area (Å²) in [5.41, 5.74) is 0.0280. The van der Waals surface area contributed by atoms with E-state index in [2.05, 4.69) is 52.0 Å². The number of nitrogens with one attached hydrogen (secondary N) is 1. The Labute approximate surface area is 87.1 Å². The summed E-state index contributed by atoms with van der Waals surface area (Å²) < 4.78 is 0.812. The van der Waals surface area contributed by atoms with Crippen LogP contribution >= 0.6 is 15.9 Å². The van der Waals surface area contributed by atoms with E-state index >= 15 is 0 Å². The molecule has 0 aliphatic heterocycles. The summed E-state index contributed by atoms with van der Waals surface area (Å²) in [6, 6.07) is 1.87. The van der Waals surface area contributed by atoms with Crippen LogP contribution in [0.25, 0.3) is 0 Å². The minimum absolute atomic E-state index is 0.0280. The molecule has 0 atom stereocenters. The number of hydrogen-bond donors (Lipinski definition) is 1. The average molecular weight is 244 g/mol. The fourth-order valence-corrected chi connectivity index (χ4v) is 1.45. The maximum absolute atomic E-state index is 4.27. The lowest BCUT2D eigenvalue weighted by Crippen LogP contribution is -2.26. The molecule has 0 radical (unpaired) electrons. The van der Waals surface area contributed by atoms with Gasteiger partial charge in [-0.1, -0.05) is 0 Å². The van der Waals surface area contributed by atoms with Crippen molar-refractivity contribution in [1.29, 1.82) is 0 Å². The van der Waals surface area contributed by atoms with Crippen LogP contribution in [0.2, 0.25) is 0 Å². The Hall–Kier alpha value is -0.640. The van der Waals surface area contributed by atoms with Crippen LogP contribution in [-0.2, 0) is 0 Å². The molecule has 0 amide bonds. The van der Waals surface area contributed by atoms with Crippen molar-refractivity contribution >= 4 is 21.7 Å². The van der Waals surface area contributed by atoms with Gasteiger partial charge in [-0.15, -0.1) is 0 Å². The van der Waals surface area contributed by atoms with E-state index in [0.29, 0.717) is 0 Å². The van der Waals surface area contributed by atoms with Gasteiger partial charge in [0.1, 0.15) is 16.2 Å². The molecule has 0 spiro atoms. The van der Waals surface area contributed by atoms with Gasteiger partial charge in [-0.25, -0.2) is 9.97 Å². The number of nitrogens with zero attached hydrogens (tertiary/aromatic N) is 2. The van der Waals surface area contributed by atoms with Gasteiger partial charge in [0.2, 0.25) is 0 Å². The zero-order valence-corrected chi connectivity index (χ0v) is 9.94. The highest BCUT2D eigenvalue weighted by atomic mass is 79.9. The molecule has 0 unspecified atom stereocenters. The topological polar surface area (TPSA) is 37.8 Å². The zero-order valence-electron chi connectivity index (χ0n) is 8.35. The Morgan fingerprint density at radius 2 is 1.92 bits per heavy atom. The Morgan fingerprint density at radius 3 is 2.38 bits per heavy atom. The quantitative estimate of drug-likeness (QED) is 0.772. The monoisotopic (exact) mass is 243 g/mol. The van der Waals surface area contributed by atoms with E-state index in [1.807, 2.05) is 13.0 Å². The van der Waals surface area contributed by atoms with Crippen LogP contribution in [-0.4, -0.2) is 15.5 Å². The third-order valence-corrected chi connectivity index (χ3v) is 1.72. The number of aromatic nitrogens is 2. The molecule has 1 rings (SSSR count). The van der Waals surface area contributed by atoms with Crippen LogP contribution in [0.15, 0.2) is 10.7 Å². The molecule has 1 heterocycles. The Bertz CT molecular complexity index is 284. The van der Waals surface area contributed by atoms with Crippen molar-refractivity contribution in [3.8, 4) is 0 Å². The summed E-state index contributed by atoms with van der Waals surface area (Å²) in [7, 11) is 0. The molecule has 0 aromatic carbocycles. The Balaban J connectivity index is 2.90. The number of anilines is 1. The standard InChI is InChI=1S/C9H14BrN3/c1-6-11-7(10)5-8(12-6)13-9(2,3)4/h5H,1-4H3,(H,11,12,13). The lowest BCUT2D eigenvalue weighted by Gasteiger charge is -2.21. The summed E-state index contributed by atoms with van der Waals surface area (Å²) in [5.74, 6) is 1.62. The van der Waals surface area contributed by atoms with Crippen LogP contribution < -0.4 is 5.32 Å². The molecule has 0 bridgehead atoms. The summed E-state index contributed by atoms with van der Waals surface area (Å²) in [4.78, 5) is 8.40. The molecule has 0 saturated carbocycles. The first-order valence-corrected chi connectivity index (χ1v) is 4.95. The molecule has 0 saturated heterocycles. The average Bonchev–Trinajstić information content (AvgIpc) is 1.78. The van der Waals surface area contributed by atoms with Crippen molar-refractivity contribution in [1.82, 2.24) is 9.97 Å². The second kappa shape index (κ2) is 3.62. The minimum Gasteiger partial charge on any atom is -0.365 e. The molecule has 3 nitrogen and oxygen atoms in total. The third kappa shape index (κ3) is 3.72. The van der Waals surface area contributed by atoms with Gasteiger partial charge in [0, 0.05) is 11.6 Å². The number of halogens is 1. The first-order chi connectivity index (χ1) is 5.87. The molecule has 72 valence electrons. The highest BCUT2D eigenvalue weighted by molar-refractivity contribution is 9.10. The van der Waals surface area contributed by atoms with E-state index in [1.54, 1.807) is 0 Å². The smallest absolute Gasteiger partial charge is 0.131 e. The van der Waals surface area contributed by atoms with Gasteiger partial charge in [-0.05, 0) is 43.6 Å². The zero-order chi connectivity index (χ0) is 10.1. The van der Waals surface area contributed by atoms with E-state index in [0.717, 1.165) is 16.2 Å². The molecule has 4 heteroatoms. The van der Waals surface area contributed by atoms with Gasteiger partial charge in [0.05, 0.1) is 0 Å². The van der Waals surface area contributed by atoms with Crippen LogP contribution in [0.3, 0.4) is 0 Å². The summed E-state index contributed by atoms with van der Waals surface area (Å²) >= 11 is 3.33. The number of rotatable bonds is 1. The molecular weight excluding hydrogens is 230 g/mol. The minimum atomic E-state index is 0.0280. The first-order valence-electron chi connectivity index (χ1n) is 4.16. The van der Waals surface area contributed by atoms with Crippen molar-refractivity contribution in [2.75, 3.05) is 5.32 Å². The van der Waals surface area contributed by atoms with Gasteiger partial charge in [-0.3, -0.25) is 0 Å². The van der Waals surface area contributed by atoms with Gasteiger partial charge in [0.25, 0.3) is 0 Å². The number of aryl methyl sites for hydroxylation is 1. The second-order valence-corrected chi connectivity index (χ2v) is 4.81. The fourth-order valence-electron chi connectivity index (χ4n) is 0.980. The Kier molecular flexibility index (Phi) is 2.91. The second-order valence-electron chi connectivity index (χ2n) is 4.00. The van der Waals surface area contributed by atoms with E-state index < -0.39 is 0 Å². The van der Waals surface area contributed by atoms with E-state index in [-0.39, 0.29) is 5.54 Å². The van der Waals surface area contributed by atoms with Gasteiger partial charge >= 0.3 is 0 Å². The van der Waals surface area contributed by atoms with Crippen molar-refractivity contribution < 1.29 is 0 Å². The molecule has 0 fully saturated rings. The fraction of sp³-hybridized carbons (Fsp3) is 0.556. The van der Waals surface area contributed by atoms with Gasteiger partial charge in [-0.2, -0.15) is 0 Å². The summed E-state index contributed by atoms with van der Waals surface area (Å²) in [5, 5.41) is 3.28. The lowest BCUT2D eigenvalue weighted by molar-refractivity contribution is 0.629. The number of hydrogen-bond acceptors (Lipinski definition) is 3. The SMILES string of the molecule is Cc1nc(Br)cc(NC(C)(C)C)n1. The van der Waals surface area contributed by atoms with Gasteiger partial charge in [0.15, 0.2) is 0 Å². The van der Waals surface area contributed by atoms with Crippen LogP contribution in [0, 0.1) is 6.92 Å². The largest absolute Gasteiger partial charge is 0.365 e. The third-order valence-electron chi connectivity index (χ3n) is 1.31. The predicted molar refractivity (Wildman–Crippen MR) is 57.8 cm³/mol. The molecule has 1 aromatic rings. The lowest BCUT2D eigenvalue weighted by atomic mass is 10.1.